The molecule has 1 saturated heterocycles. The second-order valence-corrected chi connectivity index (χ2v) is 8.23. The summed E-state index contributed by atoms with van der Waals surface area (Å²) in [5.74, 6) is 0. The van der Waals surface area contributed by atoms with Crippen LogP contribution in [0.4, 0.5) is 11.4 Å². The van der Waals surface area contributed by atoms with Gasteiger partial charge in [0.1, 0.15) is 0 Å². The maximum Gasteiger partial charge on any atom is 0.177 e. The minimum Gasteiger partial charge on any atom is -0.398 e. The van der Waals surface area contributed by atoms with Crippen LogP contribution >= 0.6 is 0 Å². The average molecular weight is 345 g/mol. The van der Waals surface area contributed by atoms with Crippen LogP contribution in [0.5, 0.6) is 0 Å². The van der Waals surface area contributed by atoms with Crippen molar-refractivity contribution in [1.29, 1.82) is 0 Å². The largest absolute Gasteiger partial charge is 0.398 e. The van der Waals surface area contributed by atoms with Gasteiger partial charge < -0.3 is 10.6 Å². The van der Waals surface area contributed by atoms with E-state index in [1.807, 2.05) is 12.1 Å². The monoisotopic (exact) mass is 345 g/mol. The van der Waals surface area contributed by atoms with Crippen LogP contribution in [-0.2, 0) is 16.4 Å². The van der Waals surface area contributed by atoms with Crippen LogP contribution in [0.3, 0.4) is 0 Å². The number of hydrogen-bond donors (Lipinski definition) is 1. The highest BCUT2D eigenvalue weighted by atomic mass is 32.2. The summed E-state index contributed by atoms with van der Waals surface area (Å²) >= 11 is 0. The van der Waals surface area contributed by atoms with Crippen LogP contribution in [0.2, 0.25) is 0 Å². The molecular weight excluding hydrogens is 322 g/mol. The van der Waals surface area contributed by atoms with Crippen molar-refractivity contribution in [1.82, 2.24) is 4.90 Å². The fourth-order valence-corrected chi connectivity index (χ4v) is 3.88. The van der Waals surface area contributed by atoms with Gasteiger partial charge in [-0.15, -0.1) is 0 Å². The van der Waals surface area contributed by atoms with Gasteiger partial charge in [0.25, 0.3) is 0 Å². The maximum atomic E-state index is 11.7. The first-order valence-electron chi connectivity index (χ1n) is 8.04. The molecule has 0 spiro atoms. The van der Waals surface area contributed by atoms with Crippen LogP contribution in [0.25, 0.3) is 0 Å². The summed E-state index contributed by atoms with van der Waals surface area (Å²) in [6, 6.07) is 15.7. The second-order valence-electron chi connectivity index (χ2n) is 6.24. The van der Waals surface area contributed by atoms with E-state index in [-0.39, 0.29) is 4.90 Å². The van der Waals surface area contributed by atoms with Crippen LogP contribution in [0, 0.1) is 0 Å². The fourth-order valence-electron chi connectivity index (χ4n) is 3.08. The Labute approximate surface area is 143 Å². The van der Waals surface area contributed by atoms with Crippen LogP contribution in [-0.4, -0.2) is 45.8 Å². The van der Waals surface area contributed by atoms with Crippen molar-refractivity contribution in [3.63, 3.8) is 0 Å². The quantitative estimate of drug-likeness (QED) is 0.859. The first-order chi connectivity index (χ1) is 11.4. The molecule has 0 saturated carbocycles. The smallest absolute Gasteiger partial charge is 0.177 e. The molecule has 1 fully saturated rings. The number of hydrogen-bond acceptors (Lipinski definition) is 5. The normalized spacial score (nSPS) is 16.3. The number of nitrogen functional groups attached to an aromatic ring is 1. The third-order valence-electron chi connectivity index (χ3n) is 4.38. The number of nitrogens with zero attached hydrogens (tertiary/aromatic N) is 2. The first-order valence-corrected chi connectivity index (χ1v) is 9.93. The Morgan fingerprint density at radius 3 is 2.25 bits per heavy atom. The van der Waals surface area contributed by atoms with E-state index in [0.717, 1.165) is 38.4 Å². The highest BCUT2D eigenvalue weighted by Gasteiger charge is 2.19. The summed E-state index contributed by atoms with van der Waals surface area (Å²) in [5.41, 5.74) is 8.56. The summed E-state index contributed by atoms with van der Waals surface area (Å²) in [6.45, 7) is 4.73. The molecule has 0 bridgehead atoms. The Hall–Kier alpha value is -2.05. The van der Waals surface area contributed by atoms with Crippen LogP contribution in [0.15, 0.2) is 53.4 Å². The van der Waals surface area contributed by atoms with Crippen LogP contribution < -0.4 is 10.6 Å². The molecule has 0 atom stereocenters. The van der Waals surface area contributed by atoms with Gasteiger partial charge in [0, 0.05) is 44.7 Å². The fraction of sp³-hybridized carbons (Fsp3) is 0.333. The third kappa shape index (κ3) is 3.88. The maximum absolute atomic E-state index is 11.7. The van der Waals surface area contributed by atoms with Gasteiger partial charge in [0.15, 0.2) is 9.84 Å². The van der Waals surface area contributed by atoms with Crippen molar-refractivity contribution < 1.29 is 8.42 Å². The van der Waals surface area contributed by atoms with E-state index in [4.69, 9.17) is 5.73 Å². The number of nitrogens with two attached hydrogens (primary N) is 1. The number of sulfone groups is 1. The number of anilines is 2. The Balaban J connectivity index is 1.63. The lowest BCUT2D eigenvalue weighted by atomic mass is 10.2. The minimum absolute atomic E-state index is 0.203. The second kappa shape index (κ2) is 6.83. The molecule has 0 amide bonds. The van der Waals surface area contributed by atoms with Crippen molar-refractivity contribution in [2.45, 2.75) is 11.4 Å². The molecular formula is C18H23N3O2S. The summed E-state index contributed by atoms with van der Waals surface area (Å²) < 4.78 is 23.3. The SMILES string of the molecule is CS(=O)(=O)c1ccc(N2CCN(Cc3ccccc3)CC2)cc1N. The van der Waals surface area contributed by atoms with Gasteiger partial charge >= 0.3 is 0 Å². The molecule has 0 radical (unpaired) electrons. The summed E-state index contributed by atoms with van der Waals surface area (Å²) in [4.78, 5) is 4.89. The van der Waals surface area contributed by atoms with E-state index in [1.165, 1.54) is 11.8 Å². The van der Waals surface area contributed by atoms with Gasteiger partial charge in [-0.05, 0) is 23.8 Å². The van der Waals surface area contributed by atoms with Gasteiger partial charge in [0.05, 0.1) is 10.6 Å². The first kappa shape index (κ1) is 16.8. The standard InChI is InChI=1S/C18H23N3O2S/c1-24(22,23)18-8-7-16(13-17(18)19)21-11-9-20(10-12-21)14-15-5-3-2-4-6-15/h2-8,13H,9-12,14,19H2,1H3. The molecule has 24 heavy (non-hydrogen) atoms. The Morgan fingerprint density at radius 2 is 1.67 bits per heavy atom. The lowest BCUT2D eigenvalue weighted by molar-refractivity contribution is 0.250. The highest BCUT2D eigenvalue weighted by molar-refractivity contribution is 7.90. The Kier molecular flexibility index (Phi) is 4.78. The van der Waals surface area contributed by atoms with E-state index < -0.39 is 9.84 Å². The zero-order chi connectivity index (χ0) is 17.2. The molecule has 2 aromatic rings. The van der Waals surface area contributed by atoms with E-state index >= 15 is 0 Å². The lowest BCUT2D eigenvalue weighted by Gasteiger charge is -2.36. The average Bonchev–Trinajstić information content (AvgIpc) is 2.55. The molecule has 1 heterocycles. The predicted octanol–water partition coefficient (Wildman–Crippen LogP) is 1.99. The molecule has 1 aliphatic heterocycles. The van der Waals surface area contributed by atoms with Gasteiger partial charge in [-0.3, -0.25) is 4.90 Å². The molecule has 5 nitrogen and oxygen atoms in total. The molecule has 3 rings (SSSR count). The molecule has 1 aliphatic rings. The summed E-state index contributed by atoms with van der Waals surface area (Å²) in [5, 5.41) is 0. The van der Waals surface area contributed by atoms with Crippen molar-refractivity contribution in [2.24, 2.45) is 0 Å². The van der Waals surface area contributed by atoms with Gasteiger partial charge in [0.2, 0.25) is 0 Å². The molecule has 2 N–H and O–H groups in total. The number of benzene rings is 2. The molecule has 6 heteroatoms. The summed E-state index contributed by atoms with van der Waals surface area (Å²) in [7, 11) is -3.28. The Bertz CT molecular complexity index is 798. The zero-order valence-corrected chi connectivity index (χ0v) is 14.7. The van der Waals surface area contributed by atoms with E-state index in [9.17, 15) is 8.42 Å². The van der Waals surface area contributed by atoms with Crippen molar-refractivity contribution >= 4 is 21.2 Å². The van der Waals surface area contributed by atoms with Gasteiger partial charge in [-0.25, -0.2) is 8.42 Å². The molecule has 0 unspecified atom stereocenters. The van der Waals surface area contributed by atoms with Gasteiger partial charge in [-0.2, -0.15) is 0 Å². The topological polar surface area (TPSA) is 66.6 Å². The predicted molar refractivity (Wildman–Crippen MR) is 97.9 cm³/mol. The molecule has 2 aromatic carbocycles. The molecule has 0 aliphatic carbocycles. The van der Waals surface area contributed by atoms with Crippen molar-refractivity contribution in [3.8, 4) is 0 Å². The van der Waals surface area contributed by atoms with Crippen LogP contribution in [0.1, 0.15) is 5.56 Å². The number of rotatable bonds is 4. The lowest BCUT2D eigenvalue weighted by Crippen LogP contribution is -2.46. The zero-order valence-electron chi connectivity index (χ0n) is 13.9. The van der Waals surface area contributed by atoms with E-state index in [1.54, 1.807) is 12.1 Å². The third-order valence-corrected chi connectivity index (χ3v) is 5.55. The van der Waals surface area contributed by atoms with Crippen molar-refractivity contribution in [3.05, 3.63) is 54.1 Å². The van der Waals surface area contributed by atoms with E-state index in [0.29, 0.717) is 5.69 Å². The minimum atomic E-state index is -3.28. The number of piperazine rings is 1. The Morgan fingerprint density at radius 1 is 1.00 bits per heavy atom. The molecule has 128 valence electrons. The van der Waals surface area contributed by atoms with Crippen molar-refractivity contribution in [2.75, 3.05) is 43.1 Å². The molecule has 0 aromatic heterocycles. The summed E-state index contributed by atoms with van der Waals surface area (Å²) in [6.07, 6.45) is 1.18. The van der Waals surface area contributed by atoms with Gasteiger partial charge in [-0.1, -0.05) is 30.3 Å². The highest BCUT2D eigenvalue weighted by Crippen LogP contribution is 2.25. The van der Waals surface area contributed by atoms with E-state index in [2.05, 4.69) is 34.1 Å².